The maximum absolute atomic E-state index is 12.4. The third-order valence-corrected chi connectivity index (χ3v) is 3.47. The van der Waals surface area contributed by atoms with E-state index in [1.165, 1.54) is 4.90 Å². The molecule has 0 unspecified atom stereocenters. The molecular weight excluding hydrogens is 246 g/mol. The van der Waals surface area contributed by atoms with Gasteiger partial charge in [0.15, 0.2) is 0 Å². The maximum atomic E-state index is 12.4. The van der Waals surface area contributed by atoms with Crippen LogP contribution in [0.2, 0.25) is 0 Å². The highest BCUT2D eigenvalue weighted by Gasteiger charge is 2.42. The molecule has 1 saturated heterocycles. The van der Waals surface area contributed by atoms with E-state index >= 15 is 0 Å². The molecule has 1 aromatic rings. The molecule has 1 N–H and O–H groups in total. The number of amides is 2. The molecule has 2 atom stereocenters. The van der Waals surface area contributed by atoms with Gasteiger partial charge in [-0.3, -0.25) is 9.59 Å². The second-order valence-corrected chi connectivity index (χ2v) is 4.60. The average molecular weight is 257 g/mol. The van der Waals surface area contributed by atoms with Crippen LogP contribution in [0.1, 0.15) is 16.8 Å². The number of carbonyl (C=O) groups excluding carboxylic acids is 2. The van der Waals surface area contributed by atoms with E-state index in [1.54, 1.807) is 24.3 Å². The molecule has 2 heterocycles. The molecule has 0 saturated carbocycles. The summed E-state index contributed by atoms with van der Waals surface area (Å²) in [5, 5.41) is 6.36. The number of hydrogen-bond donors (Lipinski definition) is 1. The van der Waals surface area contributed by atoms with Crippen LogP contribution in [0.5, 0.6) is 0 Å². The Kier molecular flexibility index (Phi) is 2.61. The summed E-state index contributed by atoms with van der Waals surface area (Å²) >= 11 is 0. The first-order valence-electron chi connectivity index (χ1n) is 5.96. The van der Waals surface area contributed by atoms with E-state index in [2.05, 4.69) is 15.3 Å². The Hall–Kier alpha value is -2.53. The Bertz CT molecular complexity index is 608. The Morgan fingerprint density at radius 2 is 2.16 bits per heavy atom. The lowest BCUT2D eigenvalue weighted by Crippen LogP contribution is -2.40. The number of carbonyl (C=O) groups is 2. The van der Waals surface area contributed by atoms with Crippen molar-refractivity contribution in [2.24, 2.45) is 5.11 Å². The smallest absolute Gasteiger partial charge is 0.256 e. The number of anilines is 1. The van der Waals surface area contributed by atoms with Gasteiger partial charge in [0, 0.05) is 11.5 Å². The van der Waals surface area contributed by atoms with Crippen molar-refractivity contribution in [2.75, 3.05) is 11.9 Å². The number of hydrogen-bond acceptors (Lipinski definition) is 3. The summed E-state index contributed by atoms with van der Waals surface area (Å²) in [5.41, 5.74) is 9.47. The van der Waals surface area contributed by atoms with Gasteiger partial charge in [-0.05, 0) is 24.1 Å². The molecule has 1 fully saturated rings. The topological polar surface area (TPSA) is 98.2 Å². The predicted octanol–water partition coefficient (Wildman–Crippen LogP) is 1.53. The van der Waals surface area contributed by atoms with Crippen LogP contribution in [0.4, 0.5) is 5.69 Å². The van der Waals surface area contributed by atoms with Crippen LogP contribution in [0.15, 0.2) is 29.4 Å². The fourth-order valence-electron chi connectivity index (χ4n) is 2.59. The number of fused-ring (bicyclic) bond motifs is 2. The standard InChI is InChI=1S/C12H11N5O2/c13-16-15-7-5-10-11(18)14-9-4-2-1-3-8(9)12(19)17(10)6-7/h1-4,7,10H,5-6H2,(H,14,18)/t7-,10-/m0/s1. The van der Waals surface area contributed by atoms with Gasteiger partial charge in [-0.25, -0.2) is 0 Å². The lowest BCUT2D eigenvalue weighted by molar-refractivity contribution is -0.119. The van der Waals surface area contributed by atoms with Gasteiger partial charge in [0.25, 0.3) is 5.91 Å². The van der Waals surface area contributed by atoms with Crippen LogP contribution in [0.25, 0.3) is 10.4 Å². The summed E-state index contributed by atoms with van der Waals surface area (Å²) in [6.07, 6.45) is 0.371. The number of azide groups is 1. The van der Waals surface area contributed by atoms with Crippen molar-refractivity contribution in [1.82, 2.24) is 4.90 Å². The summed E-state index contributed by atoms with van der Waals surface area (Å²) in [5.74, 6) is -0.427. The highest BCUT2D eigenvalue weighted by Crippen LogP contribution is 2.29. The Balaban J connectivity index is 2.01. The molecule has 0 bridgehead atoms. The van der Waals surface area contributed by atoms with Crippen LogP contribution in [-0.4, -0.2) is 35.3 Å². The van der Waals surface area contributed by atoms with Gasteiger partial charge in [0.2, 0.25) is 5.91 Å². The monoisotopic (exact) mass is 257 g/mol. The summed E-state index contributed by atoms with van der Waals surface area (Å²) in [6.45, 7) is 0.287. The number of benzene rings is 1. The molecule has 0 aliphatic carbocycles. The van der Waals surface area contributed by atoms with E-state index in [4.69, 9.17) is 5.53 Å². The first-order valence-corrected chi connectivity index (χ1v) is 5.96. The minimum Gasteiger partial charge on any atom is -0.326 e. The third kappa shape index (κ3) is 1.80. The summed E-state index contributed by atoms with van der Waals surface area (Å²) in [4.78, 5) is 28.8. The van der Waals surface area contributed by atoms with Crippen molar-refractivity contribution < 1.29 is 9.59 Å². The SMILES string of the molecule is [N-]=[N+]=N[C@H]1C[C@H]2C(=O)Nc3ccccc3C(=O)N2C1. The van der Waals surface area contributed by atoms with Crippen molar-refractivity contribution in [3.63, 3.8) is 0 Å². The van der Waals surface area contributed by atoms with Crippen molar-refractivity contribution in [1.29, 1.82) is 0 Å². The van der Waals surface area contributed by atoms with Gasteiger partial charge in [0.05, 0.1) is 17.3 Å². The van der Waals surface area contributed by atoms with Gasteiger partial charge in [-0.1, -0.05) is 17.2 Å². The molecule has 0 aromatic heterocycles. The molecule has 2 aliphatic heterocycles. The lowest BCUT2D eigenvalue weighted by Gasteiger charge is -2.19. The average Bonchev–Trinajstić information content (AvgIpc) is 2.79. The Labute approximate surface area is 108 Å². The molecule has 3 rings (SSSR count). The Morgan fingerprint density at radius 3 is 2.95 bits per heavy atom. The quantitative estimate of drug-likeness (QED) is 0.469. The zero-order chi connectivity index (χ0) is 13.4. The highest BCUT2D eigenvalue weighted by atomic mass is 16.2. The van der Waals surface area contributed by atoms with E-state index in [-0.39, 0.29) is 24.4 Å². The molecule has 7 nitrogen and oxygen atoms in total. The first kappa shape index (κ1) is 11.6. The Morgan fingerprint density at radius 1 is 1.37 bits per heavy atom. The first-order chi connectivity index (χ1) is 9.20. The number of para-hydroxylation sites is 1. The van der Waals surface area contributed by atoms with Gasteiger partial charge in [0.1, 0.15) is 6.04 Å². The zero-order valence-corrected chi connectivity index (χ0v) is 9.98. The summed E-state index contributed by atoms with van der Waals surface area (Å²) in [6, 6.07) is 6.01. The molecule has 1 aromatic carbocycles. The van der Waals surface area contributed by atoms with Crippen LogP contribution in [0, 0.1) is 0 Å². The maximum Gasteiger partial charge on any atom is 0.256 e. The second-order valence-electron chi connectivity index (χ2n) is 4.60. The molecule has 2 aliphatic rings. The fourth-order valence-corrected chi connectivity index (χ4v) is 2.59. The second kappa shape index (κ2) is 4.29. The number of nitrogens with zero attached hydrogens (tertiary/aromatic N) is 4. The molecule has 19 heavy (non-hydrogen) atoms. The highest BCUT2D eigenvalue weighted by molar-refractivity contribution is 6.10. The third-order valence-electron chi connectivity index (χ3n) is 3.47. The molecule has 7 heteroatoms. The molecular formula is C12H11N5O2. The van der Waals surface area contributed by atoms with E-state index in [0.717, 1.165) is 0 Å². The summed E-state index contributed by atoms with van der Waals surface area (Å²) in [7, 11) is 0. The minimum absolute atomic E-state index is 0.199. The minimum atomic E-state index is -0.560. The van der Waals surface area contributed by atoms with Crippen LogP contribution in [-0.2, 0) is 4.79 Å². The largest absolute Gasteiger partial charge is 0.326 e. The predicted molar refractivity (Wildman–Crippen MR) is 67.4 cm³/mol. The molecule has 2 amide bonds. The van der Waals surface area contributed by atoms with E-state index in [9.17, 15) is 9.59 Å². The van der Waals surface area contributed by atoms with E-state index < -0.39 is 6.04 Å². The van der Waals surface area contributed by atoms with E-state index in [0.29, 0.717) is 17.7 Å². The normalized spacial score (nSPS) is 24.9. The lowest BCUT2D eigenvalue weighted by atomic mass is 10.1. The molecule has 96 valence electrons. The van der Waals surface area contributed by atoms with Gasteiger partial charge in [-0.2, -0.15) is 0 Å². The van der Waals surface area contributed by atoms with Gasteiger partial charge < -0.3 is 10.2 Å². The van der Waals surface area contributed by atoms with Crippen LogP contribution < -0.4 is 5.32 Å². The molecule has 0 spiro atoms. The van der Waals surface area contributed by atoms with Crippen molar-refractivity contribution in [3.05, 3.63) is 40.3 Å². The molecule has 0 radical (unpaired) electrons. The van der Waals surface area contributed by atoms with Crippen LogP contribution >= 0.6 is 0 Å². The van der Waals surface area contributed by atoms with Crippen molar-refractivity contribution in [2.45, 2.75) is 18.5 Å². The zero-order valence-electron chi connectivity index (χ0n) is 9.98. The van der Waals surface area contributed by atoms with Gasteiger partial charge in [-0.15, -0.1) is 0 Å². The van der Waals surface area contributed by atoms with Crippen molar-refractivity contribution >= 4 is 17.5 Å². The van der Waals surface area contributed by atoms with Gasteiger partial charge >= 0.3 is 0 Å². The number of nitrogens with one attached hydrogen (secondary N) is 1. The van der Waals surface area contributed by atoms with E-state index in [1.807, 2.05) is 0 Å². The fraction of sp³-hybridized carbons (Fsp3) is 0.333. The van der Waals surface area contributed by atoms with Crippen molar-refractivity contribution in [3.8, 4) is 0 Å². The van der Waals surface area contributed by atoms with Crippen LogP contribution in [0.3, 0.4) is 0 Å². The number of rotatable bonds is 1. The summed E-state index contributed by atoms with van der Waals surface area (Å²) < 4.78 is 0.